The van der Waals surface area contributed by atoms with Crippen LogP contribution in [0.5, 0.6) is 0 Å². The summed E-state index contributed by atoms with van der Waals surface area (Å²) in [7, 11) is 0. The van der Waals surface area contributed by atoms with Crippen molar-refractivity contribution in [3.8, 4) is 0 Å². The fraction of sp³-hybridized carbons (Fsp3) is 0.286. The van der Waals surface area contributed by atoms with Crippen molar-refractivity contribution in [3.05, 3.63) is 23.7 Å². The molecular weight excluding hydrogens is 173 g/mol. The minimum atomic E-state index is -4.29. The summed E-state index contributed by atoms with van der Waals surface area (Å²) in [5.41, 5.74) is 0.120. The van der Waals surface area contributed by atoms with Crippen LogP contribution < -0.4 is 0 Å². The largest absolute Gasteiger partial charge is 0.468 e. The molecule has 0 fully saturated rings. The van der Waals surface area contributed by atoms with Gasteiger partial charge in [-0.1, -0.05) is 0 Å². The zero-order valence-electron chi connectivity index (χ0n) is 5.89. The molecule has 5 heteroatoms. The Morgan fingerprint density at radius 1 is 1.50 bits per heavy atom. The first-order chi connectivity index (χ1) is 5.51. The number of rotatable bonds is 2. The second-order valence-corrected chi connectivity index (χ2v) is 2.26. The van der Waals surface area contributed by atoms with Gasteiger partial charge in [0.05, 0.1) is 5.56 Å². The van der Waals surface area contributed by atoms with Gasteiger partial charge >= 0.3 is 6.18 Å². The molecule has 0 saturated carbocycles. The molecular formula is C7H5F3O2. The van der Waals surface area contributed by atoms with E-state index in [0.717, 1.165) is 12.3 Å². The van der Waals surface area contributed by atoms with Crippen molar-refractivity contribution in [1.29, 1.82) is 0 Å². The number of furan rings is 1. The van der Waals surface area contributed by atoms with Crippen molar-refractivity contribution in [2.24, 2.45) is 0 Å². The first-order valence-electron chi connectivity index (χ1n) is 3.10. The molecule has 0 amide bonds. The summed E-state index contributed by atoms with van der Waals surface area (Å²) in [5, 5.41) is 0. The molecule has 2 nitrogen and oxygen atoms in total. The molecule has 0 spiro atoms. The van der Waals surface area contributed by atoms with Crippen LogP contribution in [0.3, 0.4) is 0 Å². The van der Waals surface area contributed by atoms with Gasteiger partial charge in [0, 0.05) is 0 Å². The van der Waals surface area contributed by atoms with Crippen LogP contribution in [0.4, 0.5) is 13.2 Å². The molecule has 1 rings (SSSR count). The van der Waals surface area contributed by atoms with E-state index in [2.05, 4.69) is 4.42 Å². The molecule has 0 saturated heterocycles. The van der Waals surface area contributed by atoms with E-state index in [0.29, 0.717) is 6.29 Å². The molecule has 0 aliphatic carbocycles. The number of hydrogen-bond acceptors (Lipinski definition) is 2. The highest BCUT2D eigenvalue weighted by molar-refractivity contribution is 5.74. The maximum Gasteiger partial charge on any atom is 0.396 e. The molecule has 1 heterocycles. The van der Waals surface area contributed by atoms with Crippen LogP contribution in [0.15, 0.2) is 16.7 Å². The third-order valence-corrected chi connectivity index (χ3v) is 1.18. The summed E-state index contributed by atoms with van der Waals surface area (Å²) < 4.78 is 39.6. The molecule has 0 atom stereocenters. The fourth-order valence-electron chi connectivity index (χ4n) is 0.750. The maximum absolute atomic E-state index is 11.7. The van der Waals surface area contributed by atoms with Crippen molar-refractivity contribution < 1.29 is 22.4 Å². The Morgan fingerprint density at radius 3 is 2.58 bits per heavy atom. The molecule has 0 N–H and O–H groups in total. The molecule has 0 bridgehead atoms. The highest BCUT2D eigenvalue weighted by Crippen LogP contribution is 2.21. The van der Waals surface area contributed by atoms with E-state index in [1.165, 1.54) is 0 Å². The summed E-state index contributed by atoms with van der Waals surface area (Å²) in [6.07, 6.45) is -4.00. The van der Waals surface area contributed by atoms with Gasteiger partial charge in [-0.2, -0.15) is 13.2 Å². The average molecular weight is 178 g/mol. The summed E-state index contributed by atoms with van der Waals surface area (Å²) in [6, 6.07) is 1.07. The lowest BCUT2D eigenvalue weighted by Gasteiger charge is -2.01. The molecule has 0 aliphatic heterocycles. The van der Waals surface area contributed by atoms with Crippen LogP contribution in [-0.4, -0.2) is 12.5 Å². The number of halogens is 3. The topological polar surface area (TPSA) is 30.2 Å². The van der Waals surface area contributed by atoms with Crippen LogP contribution in [0.25, 0.3) is 0 Å². The van der Waals surface area contributed by atoms with Gasteiger partial charge in [0.1, 0.15) is 18.4 Å². The lowest BCUT2D eigenvalue weighted by Crippen LogP contribution is -2.10. The summed E-state index contributed by atoms with van der Waals surface area (Å²) in [5.74, 6) is -0.246. The molecule has 0 aliphatic rings. The van der Waals surface area contributed by atoms with Crippen molar-refractivity contribution >= 4 is 6.29 Å². The minimum Gasteiger partial charge on any atom is -0.468 e. The fourth-order valence-corrected chi connectivity index (χ4v) is 0.750. The number of carbonyl (C=O) groups excluding carboxylic acids is 1. The summed E-state index contributed by atoms with van der Waals surface area (Å²) >= 11 is 0. The van der Waals surface area contributed by atoms with Crippen LogP contribution in [-0.2, 0) is 6.42 Å². The van der Waals surface area contributed by atoms with E-state index < -0.39 is 12.6 Å². The first kappa shape index (κ1) is 8.83. The molecule has 1 aromatic heterocycles. The predicted octanol–water partition coefficient (Wildman–Crippen LogP) is 2.20. The van der Waals surface area contributed by atoms with E-state index in [1.54, 1.807) is 0 Å². The Balaban J connectivity index is 2.70. The van der Waals surface area contributed by atoms with Gasteiger partial charge in [-0.15, -0.1) is 0 Å². The van der Waals surface area contributed by atoms with Crippen LogP contribution >= 0.6 is 0 Å². The molecule has 12 heavy (non-hydrogen) atoms. The van der Waals surface area contributed by atoms with Crippen LogP contribution in [0.1, 0.15) is 16.1 Å². The maximum atomic E-state index is 11.7. The predicted molar refractivity (Wildman–Crippen MR) is 33.9 cm³/mol. The van der Waals surface area contributed by atoms with E-state index in [-0.39, 0.29) is 11.3 Å². The Hall–Kier alpha value is -1.26. The van der Waals surface area contributed by atoms with Gasteiger partial charge < -0.3 is 4.42 Å². The number of hydrogen-bond donors (Lipinski definition) is 0. The van der Waals surface area contributed by atoms with Gasteiger partial charge in [-0.3, -0.25) is 4.79 Å². The zero-order chi connectivity index (χ0) is 9.19. The van der Waals surface area contributed by atoms with Crippen molar-refractivity contribution in [2.75, 3.05) is 0 Å². The second-order valence-electron chi connectivity index (χ2n) is 2.26. The van der Waals surface area contributed by atoms with Gasteiger partial charge in [-0.05, 0) is 6.07 Å². The second kappa shape index (κ2) is 3.00. The van der Waals surface area contributed by atoms with Gasteiger partial charge in [0.25, 0.3) is 0 Å². The molecule has 0 unspecified atom stereocenters. The molecule has 0 radical (unpaired) electrons. The highest BCUT2D eigenvalue weighted by atomic mass is 19.4. The van der Waals surface area contributed by atoms with Crippen molar-refractivity contribution in [3.63, 3.8) is 0 Å². The highest BCUT2D eigenvalue weighted by Gasteiger charge is 2.29. The van der Waals surface area contributed by atoms with Crippen LogP contribution in [0.2, 0.25) is 0 Å². The smallest absolute Gasteiger partial charge is 0.396 e. The van der Waals surface area contributed by atoms with Gasteiger partial charge in [0.15, 0.2) is 6.29 Å². The van der Waals surface area contributed by atoms with E-state index in [1.807, 2.05) is 0 Å². The number of aldehydes is 1. The molecule has 66 valence electrons. The summed E-state index contributed by atoms with van der Waals surface area (Å²) in [4.78, 5) is 10.0. The standard InChI is InChI=1S/C7H5F3O2/c8-7(9,10)2-6-1-5(3-11)4-12-6/h1,3-4H,2H2. The van der Waals surface area contributed by atoms with E-state index in [4.69, 9.17) is 0 Å². The molecule has 1 aromatic rings. The number of carbonyl (C=O) groups is 1. The van der Waals surface area contributed by atoms with Crippen molar-refractivity contribution in [1.82, 2.24) is 0 Å². The Kier molecular flexibility index (Phi) is 2.21. The third-order valence-electron chi connectivity index (χ3n) is 1.18. The lowest BCUT2D eigenvalue weighted by molar-refractivity contribution is -0.130. The molecule has 0 aromatic carbocycles. The van der Waals surface area contributed by atoms with Crippen LogP contribution in [0, 0.1) is 0 Å². The Morgan fingerprint density at radius 2 is 2.17 bits per heavy atom. The van der Waals surface area contributed by atoms with Gasteiger partial charge in [0.2, 0.25) is 0 Å². The van der Waals surface area contributed by atoms with E-state index in [9.17, 15) is 18.0 Å². The monoisotopic (exact) mass is 178 g/mol. The lowest BCUT2D eigenvalue weighted by atomic mass is 10.3. The normalized spacial score (nSPS) is 11.6. The zero-order valence-corrected chi connectivity index (χ0v) is 5.89. The quantitative estimate of drug-likeness (QED) is 0.650. The SMILES string of the molecule is O=Cc1coc(CC(F)(F)F)c1. The Bertz CT molecular complexity index is 274. The van der Waals surface area contributed by atoms with E-state index >= 15 is 0 Å². The summed E-state index contributed by atoms with van der Waals surface area (Å²) in [6.45, 7) is 0. The Labute approximate surface area is 66.0 Å². The third kappa shape index (κ3) is 2.41. The first-order valence-corrected chi connectivity index (χ1v) is 3.10. The van der Waals surface area contributed by atoms with Gasteiger partial charge in [-0.25, -0.2) is 0 Å². The average Bonchev–Trinajstić information content (AvgIpc) is 2.32. The number of alkyl halides is 3. The minimum absolute atomic E-state index is 0.120. The van der Waals surface area contributed by atoms with Crippen molar-refractivity contribution in [2.45, 2.75) is 12.6 Å².